The number of ether oxygens (including phenoxy) is 1. The van der Waals surface area contributed by atoms with E-state index >= 15 is 0 Å². The fourth-order valence-corrected chi connectivity index (χ4v) is 2.58. The summed E-state index contributed by atoms with van der Waals surface area (Å²) in [5.74, 6) is 0.338. The number of hydrogen-bond donors (Lipinski definition) is 1. The van der Waals surface area contributed by atoms with Crippen LogP contribution in [-0.2, 0) is 4.74 Å². The summed E-state index contributed by atoms with van der Waals surface area (Å²) < 4.78 is 6.81. The van der Waals surface area contributed by atoms with Crippen LogP contribution in [0.3, 0.4) is 0 Å². The van der Waals surface area contributed by atoms with Crippen LogP contribution in [0.5, 0.6) is 0 Å². The van der Waals surface area contributed by atoms with E-state index in [-0.39, 0.29) is 0 Å². The number of benzene rings is 1. The van der Waals surface area contributed by atoms with E-state index in [0.29, 0.717) is 18.6 Å². The lowest BCUT2D eigenvalue weighted by Crippen LogP contribution is -2.25. The highest BCUT2D eigenvalue weighted by molar-refractivity contribution is 9.10. The average molecular weight is 270 g/mol. The zero-order chi connectivity index (χ0) is 10.7. The van der Waals surface area contributed by atoms with E-state index in [4.69, 9.17) is 10.5 Å². The van der Waals surface area contributed by atoms with Gasteiger partial charge in [-0.05, 0) is 30.5 Å². The molecule has 2 unspecified atom stereocenters. The van der Waals surface area contributed by atoms with Gasteiger partial charge in [0, 0.05) is 23.5 Å². The van der Waals surface area contributed by atoms with Crippen LogP contribution in [0.25, 0.3) is 0 Å². The van der Waals surface area contributed by atoms with Crippen LogP contribution in [-0.4, -0.2) is 19.3 Å². The zero-order valence-electron chi connectivity index (χ0n) is 8.66. The van der Waals surface area contributed by atoms with Crippen molar-refractivity contribution in [2.45, 2.75) is 24.9 Å². The number of rotatable bonds is 3. The van der Waals surface area contributed by atoms with Crippen molar-refractivity contribution in [1.82, 2.24) is 0 Å². The lowest BCUT2D eigenvalue weighted by Gasteiger charge is -2.21. The van der Waals surface area contributed by atoms with Crippen molar-refractivity contribution in [1.29, 1.82) is 0 Å². The molecule has 0 spiro atoms. The van der Waals surface area contributed by atoms with Gasteiger partial charge in [0.2, 0.25) is 0 Å². The molecule has 1 aromatic carbocycles. The summed E-state index contributed by atoms with van der Waals surface area (Å²) in [4.78, 5) is 0. The van der Waals surface area contributed by atoms with Gasteiger partial charge in [0.1, 0.15) is 0 Å². The van der Waals surface area contributed by atoms with Crippen LogP contribution < -0.4 is 5.73 Å². The van der Waals surface area contributed by atoms with Crippen molar-refractivity contribution in [2.24, 2.45) is 5.73 Å². The minimum absolute atomic E-state index is 0.310. The summed E-state index contributed by atoms with van der Waals surface area (Å²) >= 11 is 3.49. The van der Waals surface area contributed by atoms with Gasteiger partial charge in [0.05, 0.1) is 6.10 Å². The van der Waals surface area contributed by atoms with Gasteiger partial charge in [-0.3, -0.25) is 0 Å². The molecule has 2 N–H and O–H groups in total. The molecule has 1 heterocycles. The zero-order valence-corrected chi connectivity index (χ0v) is 10.2. The van der Waals surface area contributed by atoms with Gasteiger partial charge < -0.3 is 10.5 Å². The smallest absolute Gasteiger partial charge is 0.0656 e. The van der Waals surface area contributed by atoms with E-state index in [1.54, 1.807) is 0 Å². The van der Waals surface area contributed by atoms with Crippen LogP contribution >= 0.6 is 15.9 Å². The molecule has 1 aliphatic rings. The molecule has 0 amide bonds. The van der Waals surface area contributed by atoms with Crippen molar-refractivity contribution < 1.29 is 4.74 Å². The molecule has 15 heavy (non-hydrogen) atoms. The van der Waals surface area contributed by atoms with E-state index in [1.165, 1.54) is 5.56 Å². The molecule has 2 nitrogen and oxygen atoms in total. The minimum Gasteiger partial charge on any atom is -0.378 e. The lowest BCUT2D eigenvalue weighted by atomic mass is 9.92. The van der Waals surface area contributed by atoms with Crippen LogP contribution in [0.4, 0.5) is 0 Å². The Hall–Kier alpha value is -0.380. The molecule has 0 aliphatic carbocycles. The summed E-state index contributed by atoms with van der Waals surface area (Å²) in [7, 11) is 0. The largest absolute Gasteiger partial charge is 0.378 e. The normalized spacial score (nSPS) is 22.9. The first-order chi connectivity index (χ1) is 7.31. The maximum Gasteiger partial charge on any atom is 0.0656 e. The van der Waals surface area contributed by atoms with E-state index in [1.807, 2.05) is 6.07 Å². The number of nitrogens with two attached hydrogens (primary N) is 1. The van der Waals surface area contributed by atoms with E-state index in [9.17, 15) is 0 Å². The van der Waals surface area contributed by atoms with Crippen molar-refractivity contribution in [3.8, 4) is 0 Å². The molecular formula is C12H16BrNO. The highest BCUT2D eigenvalue weighted by Crippen LogP contribution is 2.29. The van der Waals surface area contributed by atoms with E-state index < -0.39 is 0 Å². The van der Waals surface area contributed by atoms with Crippen LogP contribution in [0.1, 0.15) is 24.3 Å². The maximum atomic E-state index is 5.84. The van der Waals surface area contributed by atoms with Crippen molar-refractivity contribution in [3.63, 3.8) is 0 Å². The molecule has 0 bridgehead atoms. The summed E-state index contributed by atoms with van der Waals surface area (Å²) in [6.07, 6.45) is 2.60. The Morgan fingerprint density at radius 3 is 3.00 bits per heavy atom. The standard InChI is InChI=1S/C12H16BrNO/c13-10-4-1-3-9(7-10)11(8-14)12-5-2-6-15-12/h1,3-4,7,11-12H,2,5-6,8,14H2. The van der Waals surface area contributed by atoms with Gasteiger partial charge in [-0.2, -0.15) is 0 Å². The van der Waals surface area contributed by atoms with Gasteiger partial charge in [0.15, 0.2) is 0 Å². The van der Waals surface area contributed by atoms with E-state index in [0.717, 1.165) is 23.9 Å². The van der Waals surface area contributed by atoms with Crippen molar-refractivity contribution >= 4 is 15.9 Å². The van der Waals surface area contributed by atoms with E-state index in [2.05, 4.69) is 34.1 Å². The Balaban J connectivity index is 2.18. The minimum atomic E-state index is 0.310. The third-order valence-electron chi connectivity index (χ3n) is 2.94. The number of hydrogen-bond acceptors (Lipinski definition) is 2. The fourth-order valence-electron chi connectivity index (χ4n) is 2.16. The summed E-state index contributed by atoms with van der Waals surface area (Å²) in [6.45, 7) is 1.54. The molecule has 0 aromatic heterocycles. The Bertz CT molecular complexity index is 323. The quantitative estimate of drug-likeness (QED) is 0.916. The summed E-state index contributed by atoms with van der Waals surface area (Å²) in [6, 6.07) is 8.35. The second kappa shape index (κ2) is 5.10. The third kappa shape index (κ3) is 2.60. The van der Waals surface area contributed by atoms with Gasteiger partial charge in [-0.25, -0.2) is 0 Å². The summed E-state index contributed by atoms with van der Waals surface area (Å²) in [5.41, 5.74) is 7.12. The van der Waals surface area contributed by atoms with Gasteiger partial charge in [-0.15, -0.1) is 0 Å². The number of halogens is 1. The molecule has 3 heteroatoms. The molecule has 82 valence electrons. The first-order valence-corrected chi connectivity index (χ1v) is 6.17. The second-order valence-electron chi connectivity index (χ2n) is 3.95. The third-order valence-corrected chi connectivity index (χ3v) is 3.44. The maximum absolute atomic E-state index is 5.84. The van der Waals surface area contributed by atoms with Crippen LogP contribution in [0.2, 0.25) is 0 Å². The van der Waals surface area contributed by atoms with Gasteiger partial charge >= 0.3 is 0 Å². The van der Waals surface area contributed by atoms with Crippen LogP contribution in [0, 0.1) is 0 Å². The molecule has 1 saturated heterocycles. The molecule has 0 saturated carbocycles. The average Bonchev–Trinajstić information content (AvgIpc) is 2.72. The summed E-state index contributed by atoms with van der Waals surface area (Å²) in [5, 5.41) is 0. The highest BCUT2D eigenvalue weighted by atomic mass is 79.9. The Labute approximate surface area is 98.9 Å². The molecule has 1 aliphatic heterocycles. The SMILES string of the molecule is NCC(c1cccc(Br)c1)C1CCCO1. The molecular weight excluding hydrogens is 254 g/mol. The Morgan fingerprint density at radius 2 is 2.40 bits per heavy atom. The van der Waals surface area contributed by atoms with Gasteiger partial charge in [0.25, 0.3) is 0 Å². The second-order valence-corrected chi connectivity index (χ2v) is 4.86. The first kappa shape index (κ1) is 11.1. The predicted octanol–water partition coefficient (Wildman–Crippen LogP) is 2.67. The van der Waals surface area contributed by atoms with Crippen LogP contribution in [0.15, 0.2) is 28.7 Å². The fraction of sp³-hybridized carbons (Fsp3) is 0.500. The monoisotopic (exact) mass is 269 g/mol. The molecule has 2 atom stereocenters. The van der Waals surface area contributed by atoms with Gasteiger partial charge in [-0.1, -0.05) is 28.1 Å². The lowest BCUT2D eigenvalue weighted by molar-refractivity contribution is 0.0905. The Morgan fingerprint density at radius 1 is 1.53 bits per heavy atom. The molecule has 2 rings (SSSR count). The molecule has 0 radical (unpaired) electrons. The predicted molar refractivity (Wildman–Crippen MR) is 64.9 cm³/mol. The molecule has 1 aromatic rings. The first-order valence-electron chi connectivity index (χ1n) is 5.38. The Kier molecular flexibility index (Phi) is 3.78. The van der Waals surface area contributed by atoms with Crippen molar-refractivity contribution in [3.05, 3.63) is 34.3 Å². The topological polar surface area (TPSA) is 35.2 Å². The van der Waals surface area contributed by atoms with Crippen molar-refractivity contribution in [2.75, 3.05) is 13.2 Å². The molecule has 1 fully saturated rings. The highest BCUT2D eigenvalue weighted by Gasteiger charge is 2.26.